The zero-order valence-corrected chi connectivity index (χ0v) is 15.9. The number of aryl methyl sites for hydroxylation is 3. The molecule has 0 fully saturated rings. The lowest BCUT2D eigenvalue weighted by atomic mass is 10.3. The van der Waals surface area contributed by atoms with E-state index in [0.29, 0.717) is 25.5 Å². The second-order valence-electron chi connectivity index (χ2n) is 5.90. The summed E-state index contributed by atoms with van der Waals surface area (Å²) in [5.74, 6) is 2.66. The third kappa shape index (κ3) is 6.11. The molecule has 1 N–H and O–H groups in total. The molecule has 0 saturated heterocycles. The lowest BCUT2D eigenvalue weighted by Crippen LogP contribution is -2.37. The molecule has 0 bridgehead atoms. The molecule has 0 unspecified atom stereocenters. The van der Waals surface area contributed by atoms with Gasteiger partial charge in [-0.15, -0.1) is 0 Å². The van der Waals surface area contributed by atoms with Gasteiger partial charge in [-0.2, -0.15) is 0 Å². The van der Waals surface area contributed by atoms with Gasteiger partial charge in [0.1, 0.15) is 30.6 Å². The number of rotatable bonds is 10. The summed E-state index contributed by atoms with van der Waals surface area (Å²) in [7, 11) is 0. The van der Waals surface area contributed by atoms with E-state index in [-0.39, 0.29) is 19.1 Å². The highest BCUT2D eigenvalue weighted by Crippen LogP contribution is 2.07. The molecule has 0 saturated carbocycles. The first-order chi connectivity index (χ1) is 12.5. The molecule has 1 amide bonds. The molecule has 0 aromatic carbocycles. The normalized spacial score (nSPS) is 10.8. The molecule has 8 heteroatoms. The van der Waals surface area contributed by atoms with Gasteiger partial charge in [-0.25, -0.2) is 15.0 Å². The van der Waals surface area contributed by atoms with Gasteiger partial charge in [-0.05, 0) is 27.2 Å². The Labute approximate surface area is 154 Å². The van der Waals surface area contributed by atoms with E-state index >= 15 is 0 Å². The standard InChI is InChI=1S/C18H27N5O3/c1-5-15-9-16(22-14(4)21-15)19-7-8-23(6-2)18(24)12-25-11-17-20-10-13(3)26-17/h9-10H,5-8,11-12H2,1-4H3,(H,19,21,22). The second-order valence-corrected chi connectivity index (χ2v) is 5.90. The van der Waals surface area contributed by atoms with E-state index in [0.717, 1.165) is 29.5 Å². The average Bonchev–Trinajstić information content (AvgIpc) is 3.03. The maximum absolute atomic E-state index is 12.3. The lowest BCUT2D eigenvalue weighted by Gasteiger charge is -2.21. The molecule has 0 aliphatic heterocycles. The molecular weight excluding hydrogens is 334 g/mol. The van der Waals surface area contributed by atoms with Crippen molar-refractivity contribution in [1.29, 1.82) is 0 Å². The highest BCUT2D eigenvalue weighted by atomic mass is 16.5. The molecule has 2 heterocycles. The van der Waals surface area contributed by atoms with Crippen molar-refractivity contribution in [3.63, 3.8) is 0 Å². The van der Waals surface area contributed by atoms with Crippen molar-refractivity contribution in [3.05, 3.63) is 35.4 Å². The van der Waals surface area contributed by atoms with Crippen LogP contribution in [0.5, 0.6) is 0 Å². The third-order valence-corrected chi connectivity index (χ3v) is 3.80. The molecule has 0 aliphatic rings. The van der Waals surface area contributed by atoms with Gasteiger partial charge in [0.25, 0.3) is 0 Å². The van der Waals surface area contributed by atoms with Crippen LogP contribution >= 0.6 is 0 Å². The van der Waals surface area contributed by atoms with Crippen LogP contribution in [0.2, 0.25) is 0 Å². The Kier molecular flexibility index (Phi) is 7.53. The van der Waals surface area contributed by atoms with Gasteiger partial charge in [0, 0.05) is 31.4 Å². The van der Waals surface area contributed by atoms with Crippen LogP contribution in [0.4, 0.5) is 5.82 Å². The van der Waals surface area contributed by atoms with Crippen LogP contribution in [0, 0.1) is 13.8 Å². The van der Waals surface area contributed by atoms with Gasteiger partial charge < -0.3 is 19.4 Å². The van der Waals surface area contributed by atoms with Crippen molar-refractivity contribution in [2.45, 2.75) is 40.7 Å². The molecule has 2 aromatic rings. The summed E-state index contributed by atoms with van der Waals surface area (Å²) in [4.78, 5) is 26.8. The predicted molar refractivity (Wildman–Crippen MR) is 97.8 cm³/mol. The molecule has 2 aromatic heterocycles. The fraction of sp³-hybridized carbons (Fsp3) is 0.556. The number of carbonyl (C=O) groups is 1. The molecule has 142 valence electrons. The Morgan fingerprint density at radius 3 is 2.77 bits per heavy atom. The summed E-state index contributed by atoms with van der Waals surface area (Å²) in [5.41, 5.74) is 0.999. The molecule has 0 aliphatic carbocycles. The largest absolute Gasteiger partial charge is 0.443 e. The van der Waals surface area contributed by atoms with Crippen molar-refractivity contribution in [1.82, 2.24) is 19.9 Å². The average molecular weight is 361 g/mol. The number of carbonyl (C=O) groups excluding carboxylic acids is 1. The van der Waals surface area contributed by atoms with E-state index in [4.69, 9.17) is 9.15 Å². The minimum atomic E-state index is -0.0642. The fourth-order valence-electron chi connectivity index (χ4n) is 2.46. The maximum atomic E-state index is 12.3. The van der Waals surface area contributed by atoms with Crippen LogP contribution in [0.15, 0.2) is 16.7 Å². The summed E-state index contributed by atoms with van der Waals surface area (Å²) < 4.78 is 10.7. The first kappa shape index (κ1) is 19.8. The van der Waals surface area contributed by atoms with Gasteiger partial charge in [0.05, 0.1) is 6.20 Å². The number of aromatic nitrogens is 3. The second kappa shape index (κ2) is 9.86. The maximum Gasteiger partial charge on any atom is 0.248 e. The van der Waals surface area contributed by atoms with Crippen molar-refractivity contribution < 1.29 is 13.9 Å². The number of ether oxygens (including phenoxy) is 1. The monoisotopic (exact) mass is 361 g/mol. The molecule has 0 atom stereocenters. The SMILES string of the molecule is CCc1cc(NCCN(CC)C(=O)COCc2ncc(C)o2)nc(C)n1. The van der Waals surface area contributed by atoms with Crippen LogP contribution in [0.1, 0.15) is 37.0 Å². The Hall–Kier alpha value is -2.48. The summed E-state index contributed by atoms with van der Waals surface area (Å²) in [6.45, 7) is 9.68. The van der Waals surface area contributed by atoms with Gasteiger partial charge in [0.2, 0.25) is 11.8 Å². The van der Waals surface area contributed by atoms with Crippen LogP contribution in [0.3, 0.4) is 0 Å². The Balaban J connectivity index is 1.75. The number of nitrogens with one attached hydrogen (secondary N) is 1. The first-order valence-corrected chi connectivity index (χ1v) is 8.87. The topological polar surface area (TPSA) is 93.4 Å². The Morgan fingerprint density at radius 2 is 2.12 bits per heavy atom. The molecule has 26 heavy (non-hydrogen) atoms. The summed E-state index contributed by atoms with van der Waals surface area (Å²) >= 11 is 0. The smallest absolute Gasteiger partial charge is 0.248 e. The fourth-order valence-corrected chi connectivity index (χ4v) is 2.46. The lowest BCUT2D eigenvalue weighted by molar-refractivity contribution is -0.136. The third-order valence-electron chi connectivity index (χ3n) is 3.80. The van der Waals surface area contributed by atoms with Crippen molar-refractivity contribution in [2.24, 2.45) is 0 Å². The number of amides is 1. The number of hydrogen-bond acceptors (Lipinski definition) is 7. The summed E-state index contributed by atoms with van der Waals surface area (Å²) in [6, 6.07) is 1.94. The van der Waals surface area contributed by atoms with E-state index in [2.05, 4.69) is 27.2 Å². The van der Waals surface area contributed by atoms with Crippen molar-refractivity contribution >= 4 is 11.7 Å². The number of nitrogens with zero attached hydrogens (tertiary/aromatic N) is 4. The minimum absolute atomic E-state index is 0.00185. The highest BCUT2D eigenvalue weighted by Gasteiger charge is 2.12. The van der Waals surface area contributed by atoms with E-state index in [1.165, 1.54) is 0 Å². The van der Waals surface area contributed by atoms with Crippen LogP contribution in [-0.2, 0) is 22.6 Å². The molecule has 8 nitrogen and oxygen atoms in total. The zero-order valence-electron chi connectivity index (χ0n) is 15.9. The van der Waals surface area contributed by atoms with Gasteiger partial charge in [-0.1, -0.05) is 6.92 Å². The molecular formula is C18H27N5O3. The molecule has 0 radical (unpaired) electrons. The predicted octanol–water partition coefficient (Wildman–Crippen LogP) is 2.12. The number of anilines is 1. The number of likely N-dealkylation sites (N-methyl/N-ethyl adjacent to an activating group) is 1. The Morgan fingerprint density at radius 1 is 1.31 bits per heavy atom. The minimum Gasteiger partial charge on any atom is -0.443 e. The quantitative estimate of drug-likeness (QED) is 0.693. The van der Waals surface area contributed by atoms with E-state index in [9.17, 15) is 4.79 Å². The van der Waals surface area contributed by atoms with Crippen LogP contribution in [-0.4, -0.2) is 52.0 Å². The van der Waals surface area contributed by atoms with E-state index in [1.54, 1.807) is 11.1 Å². The van der Waals surface area contributed by atoms with E-state index < -0.39 is 0 Å². The Bertz CT molecular complexity index is 717. The summed E-state index contributed by atoms with van der Waals surface area (Å²) in [6.07, 6.45) is 2.49. The van der Waals surface area contributed by atoms with Crippen molar-refractivity contribution in [2.75, 3.05) is 31.6 Å². The van der Waals surface area contributed by atoms with Gasteiger partial charge in [-0.3, -0.25) is 4.79 Å². The molecule has 2 rings (SSSR count). The number of hydrogen-bond donors (Lipinski definition) is 1. The summed E-state index contributed by atoms with van der Waals surface area (Å²) in [5, 5.41) is 3.25. The highest BCUT2D eigenvalue weighted by molar-refractivity contribution is 5.77. The van der Waals surface area contributed by atoms with Crippen LogP contribution < -0.4 is 5.32 Å². The zero-order chi connectivity index (χ0) is 18.9. The van der Waals surface area contributed by atoms with Gasteiger partial charge in [0.15, 0.2) is 0 Å². The number of oxazole rings is 1. The van der Waals surface area contributed by atoms with Crippen LogP contribution in [0.25, 0.3) is 0 Å². The van der Waals surface area contributed by atoms with Crippen molar-refractivity contribution in [3.8, 4) is 0 Å². The van der Waals surface area contributed by atoms with Gasteiger partial charge >= 0.3 is 0 Å². The first-order valence-electron chi connectivity index (χ1n) is 8.87. The molecule has 0 spiro atoms. The van der Waals surface area contributed by atoms with E-state index in [1.807, 2.05) is 26.8 Å².